The first kappa shape index (κ1) is 20.4. The quantitative estimate of drug-likeness (QED) is 0.604. The molecule has 1 heterocycles. The smallest absolute Gasteiger partial charge is 0.257 e. The summed E-state index contributed by atoms with van der Waals surface area (Å²) in [5.74, 6) is 1.34. The molecular formula is C24H27N3O2. The molecule has 0 radical (unpaired) electrons. The van der Waals surface area contributed by atoms with E-state index in [2.05, 4.69) is 36.4 Å². The Hall–Kier alpha value is -3.34. The van der Waals surface area contributed by atoms with Gasteiger partial charge < -0.3 is 15.4 Å². The molecule has 5 nitrogen and oxygen atoms in total. The number of anilines is 2. The van der Waals surface area contributed by atoms with Gasteiger partial charge in [-0.3, -0.25) is 4.79 Å². The number of aromatic nitrogens is 1. The first-order valence-corrected chi connectivity index (χ1v) is 9.60. The topological polar surface area (TPSA) is 63.2 Å². The first-order chi connectivity index (χ1) is 13.9. The Kier molecular flexibility index (Phi) is 6.17. The van der Waals surface area contributed by atoms with Gasteiger partial charge in [0.1, 0.15) is 11.6 Å². The Bertz CT molecular complexity index is 959. The van der Waals surface area contributed by atoms with Crippen LogP contribution in [0, 0.1) is 0 Å². The molecule has 0 saturated heterocycles. The Morgan fingerprint density at radius 1 is 1.00 bits per heavy atom. The van der Waals surface area contributed by atoms with Crippen LogP contribution in [-0.2, 0) is 12.0 Å². The number of nitrogens with zero attached hydrogens (tertiary/aromatic N) is 1. The van der Waals surface area contributed by atoms with Crippen LogP contribution in [0.4, 0.5) is 11.5 Å². The van der Waals surface area contributed by atoms with E-state index in [4.69, 9.17) is 4.74 Å². The van der Waals surface area contributed by atoms with Crippen LogP contribution >= 0.6 is 0 Å². The Labute approximate surface area is 172 Å². The molecular weight excluding hydrogens is 362 g/mol. The summed E-state index contributed by atoms with van der Waals surface area (Å²) in [6, 6.07) is 19.3. The van der Waals surface area contributed by atoms with Gasteiger partial charge in [0.15, 0.2) is 0 Å². The third kappa shape index (κ3) is 5.35. The minimum atomic E-state index is -0.183. The molecule has 1 amide bonds. The number of amides is 1. The molecule has 29 heavy (non-hydrogen) atoms. The van der Waals surface area contributed by atoms with Crippen LogP contribution in [0.1, 0.15) is 42.3 Å². The minimum Gasteiger partial charge on any atom is -0.496 e. The lowest BCUT2D eigenvalue weighted by atomic mass is 9.87. The van der Waals surface area contributed by atoms with Gasteiger partial charge in [0.25, 0.3) is 5.91 Å². The number of hydrogen-bond acceptors (Lipinski definition) is 4. The van der Waals surface area contributed by atoms with Crippen LogP contribution in [0.2, 0.25) is 0 Å². The summed E-state index contributed by atoms with van der Waals surface area (Å²) in [6.45, 7) is 7.07. The van der Waals surface area contributed by atoms with Crippen LogP contribution < -0.4 is 15.4 Å². The van der Waals surface area contributed by atoms with Crippen molar-refractivity contribution >= 4 is 17.4 Å². The van der Waals surface area contributed by atoms with Gasteiger partial charge in [0, 0.05) is 24.0 Å². The van der Waals surface area contributed by atoms with Crippen LogP contribution in [-0.4, -0.2) is 18.0 Å². The summed E-state index contributed by atoms with van der Waals surface area (Å²) >= 11 is 0. The molecule has 0 unspecified atom stereocenters. The minimum absolute atomic E-state index is 0.0824. The van der Waals surface area contributed by atoms with Gasteiger partial charge in [-0.2, -0.15) is 0 Å². The monoisotopic (exact) mass is 389 g/mol. The van der Waals surface area contributed by atoms with Crippen molar-refractivity contribution in [3.05, 3.63) is 83.6 Å². The van der Waals surface area contributed by atoms with Crippen LogP contribution in [0.25, 0.3) is 0 Å². The number of hydrogen-bond donors (Lipinski definition) is 2. The molecule has 150 valence electrons. The molecule has 0 aliphatic heterocycles. The van der Waals surface area contributed by atoms with Crippen molar-refractivity contribution in [2.24, 2.45) is 0 Å². The number of ether oxygens (including phenoxy) is 1. The van der Waals surface area contributed by atoms with Crippen LogP contribution in [0.5, 0.6) is 5.75 Å². The van der Waals surface area contributed by atoms with Gasteiger partial charge in [-0.15, -0.1) is 0 Å². The molecule has 2 aromatic carbocycles. The van der Waals surface area contributed by atoms with Crippen molar-refractivity contribution in [1.82, 2.24) is 4.98 Å². The lowest BCUT2D eigenvalue weighted by molar-refractivity contribution is 0.102. The molecule has 0 fully saturated rings. The van der Waals surface area contributed by atoms with E-state index in [0.717, 1.165) is 17.0 Å². The van der Waals surface area contributed by atoms with Gasteiger partial charge in [0.05, 0.1) is 12.7 Å². The molecule has 0 atom stereocenters. The van der Waals surface area contributed by atoms with Crippen molar-refractivity contribution in [2.45, 2.75) is 32.7 Å². The fraction of sp³-hybridized carbons (Fsp3) is 0.250. The SMILES string of the molecule is COc1ccccc1CNc1ccc(C(=O)Nc2ccc(C(C)(C)C)cc2)cn1. The molecule has 0 spiro atoms. The van der Waals surface area contributed by atoms with Crippen molar-refractivity contribution in [1.29, 1.82) is 0 Å². The van der Waals surface area contributed by atoms with E-state index in [1.807, 2.05) is 48.5 Å². The molecule has 2 N–H and O–H groups in total. The number of pyridine rings is 1. The average Bonchev–Trinajstić information content (AvgIpc) is 2.72. The van der Waals surface area contributed by atoms with Crippen LogP contribution in [0.15, 0.2) is 66.9 Å². The van der Waals surface area contributed by atoms with E-state index >= 15 is 0 Å². The maximum absolute atomic E-state index is 12.5. The summed E-state index contributed by atoms with van der Waals surface area (Å²) in [7, 11) is 1.65. The second-order valence-corrected chi connectivity index (χ2v) is 7.88. The number of carbonyl (C=O) groups excluding carboxylic acids is 1. The predicted molar refractivity (Wildman–Crippen MR) is 118 cm³/mol. The number of para-hydroxylation sites is 1. The lowest BCUT2D eigenvalue weighted by Gasteiger charge is -2.19. The molecule has 5 heteroatoms. The Morgan fingerprint density at radius 3 is 2.34 bits per heavy atom. The zero-order valence-corrected chi connectivity index (χ0v) is 17.3. The zero-order valence-electron chi connectivity index (χ0n) is 17.3. The number of carbonyl (C=O) groups is 1. The first-order valence-electron chi connectivity index (χ1n) is 9.60. The highest BCUT2D eigenvalue weighted by Gasteiger charge is 2.13. The van der Waals surface area contributed by atoms with Crippen molar-refractivity contribution in [2.75, 3.05) is 17.7 Å². The van der Waals surface area contributed by atoms with Gasteiger partial charge in [-0.1, -0.05) is 51.1 Å². The molecule has 0 aliphatic carbocycles. The Balaban J connectivity index is 1.60. The van der Waals surface area contributed by atoms with Crippen molar-refractivity contribution in [3.8, 4) is 5.75 Å². The van der Waals surface area contributed by atoms with E-state index < -0.39 is 0 Å². The second kappa shape index (κ2) is 8.78. The van der Waals surface area contributed by atoms with Gasteiger partial charge >= 0.3 is 0 Å². The third-order valence-electron chi connectivity index (χ3n) is 4.69. The summed E-state index contributed by atoms with van der Waals surface area (Å²) in [4.78, 5) is 16.8. The summed E-state index contributed by atoms with van der Waals surface area (Å²) in [5, 5.41) is 6.16. The van der Waals surface area contributed by atoms with Gasteiger partial charge in [-0.25, -0.2) is 4.98 Å². The second-order valence-electron chi connectivity index (χ2n) is 7.88. The standard InChI is InChI=1S/C24H27N3O2/c1-24(2,3)19-10-12-20(13-11-19)27-23(28)18-9-14-22(26-16-18)25-15-17-7-5-6-8-21(17)29-4/h5-14,16H,15H2,1-4H3,(H,25,26)(H,27,28). The van der Waals surface area contributed by atoms with E-state index in [9.17, 15) is 4.79 Å². The lowest BCUT2D eigenvalue weighted by Crippen LogP contribution is -2.14. The van der Waals surface area contributed by atoms with E-state index in [-0.39, 0.29) is 11.3 Å². The highest BCUT2D eigenvalue weighted by atomic mass is 16.5. The molecule has 1 aromatic heterocycles. The summed E-state index contributed by atoms with van der Waals surface area (Å²) in [5.41, 5.74) is 3.62. The van der Waals surface area contributed by atoms with Crippen molar-refractivity contribution in [3.63, 3.8) is 0 Å². The maximum atomic E-state index is 12.5. The van der Waals surface area contributed by atoms with Gasteiger partial charge in [0.2, 0.25) is 0 Å². The average molecular weight is 389 g/mol. The largest absolute Gasteiger partial charge is 0.496 e. The highest BCUT2D eigenvalue weighted by molar-refractivity contribution is 6.04. The zero-order chi connectivity index (χ0) is 20.9. The summed E-state index contributed by atoms with van der Waals surface area (Å²) < 4.78 is 5.35. The molecule has 0 saturated carbocycles. The number of nitrogens with one attached hydrogen (secondary N) is 2. The Morgan fingerprint density at radius 2 is 1.72 bits per heavy atom. The predicted octanol–water partition coefficient (Wildman–Crippen LogP) is 5.25. The fourth-order valence-corrected chi connectivity index (χ4v) is 2.92. The third-order valence-corrected chi connectivity index (χ3v) is 4.69. The molecule has 3 aromatic rings. The molecule has 0 bridgehead atoms. The van der Waals surface area contributed by atoms with Crippen molar-refractivity contribution < 1.29 is 9.53 Å². The van der Waals surface area contributed by atoms with Crippen LogP contribution in [0.3, 0.4) is 0 Å². The van der Waals surface area contributed by atoms with E-state index in [0.29, 0.717) is 17.9 Å². The highest BCUT2D eigenvalue weighted by Crippen LogP contribution is 2.24. The summed E-state index contributed by atoms with van der Waals surface area (Å²) in [6.07, 6.45) is 1.57. The van der Waals surface area contributed by atoms with Gasteiger partial charge in [-0.05, 0) is 41.3 Å². The molecule has 0 aliphatic rings. The van der Waals surface area contributed by atoms with E-state index in [1.54, 1.807) is 25.4 Å². The number of benzene rings is 2. The van der Waals surface area contributed by atoms with E-state index in [1.165, 1.54) is 5.56 Å². The maximum Gasteiger partial charge on any atom is 0.257 e. The fourth-order valence-electron chi connectivity index (χ4n) is 2.92. The number of rotatable bonds is 6. The molecule has 3 rings (SSSR count). The number of methoxy groups -OCH3 is 1. The normalized spacial score (nSPS) is 11.0.